The van der Waals surface area contributed by atoms with Gasteiger partial charge >= 0.3 is 0 Å². The molecule has 3 aromatic rings. The van der Waals surface area contributed by atoms with Crippen LogP contribution in [0.4, 0.5) is 5.69 Å². The Balaban J connectivity index is 1.41. The average molecular weight is 346 g/mol. The molecule has 1 unspecified atom stereocenters. The Kier molecular flexibility index (Phi) is 3.57. The number of aromatic amines is 1. The number of nitrogens with one attached hydrogen (secondary N) is 3. The van der Waals surface area contributed by atoms with E-state index in [1.807, 2.05) is 48.5 Å². The standard InChI is InChI=1S/C21H22N4O/c26-20(15-13-21(15)9-11-22-12-10-21)25-16-6-2-1-5-14(16)19-23-17-7-3-4-8-18(17)24-19/h1-8,15,22H,9-13H2,(H,23,24)(H,25,26). The molecule has 1 atom stereocenters. The van der Waals surface area contributed by atoms with Gasteiger partial charge in [0.25, 0.3) is 0 Å². The molecule has 5 nitrogen and oxygen atoms in total. The minimum Gasteiger partial charge on any atom is -0.338 e. The molecule has 1 aliphatic heterocycles. The third-order valence-electron chi connectivity index (χ3n) is 5.93. The molecule has 132 valence electrons. The molecule has 1 aliphatic carbocycles. The zero-order chi connectivity index (χ0) is 17.6. The molecule has 2 fully saturated rings. The van der Waals surface area contributed by atoms with Crippen LogP contribution in [0, 0.1) is 11.3 Å². The van der Waals surface area contributed by atoms with Crippen LogP contribution in [0.25, 0.3) is 22.4 Å². The quantitative estimate of drug-likeness (QED) is 0.679. The highest BCUT2D eigenvalue weighted by Gasteiger charge is 2.57. The van der Waals surface area contributed by atoms with Crippen molar-refractivity contribution in [2.45, 2.75) is 19.3 Å². The third kappa shape index (κ3) is 2.59. The number of hydrogen-bond acceptors (Lipinski definition) is 3. The molecule has 1 saturated carbocycles. The summed E-state index contributed by atoms with van der Waals surface area (Å²) >= 11 is 0. The molecule has 1 aromatic heterocycles. The molecule has 2 heterocycles. The number of para-hydroxylation sites is 3. The molecule has 0 bridgehead atoms. The van der Waals surface area contributed by atoms with E-state index in [1.165, 1.54) is 0 Å². The Morgan fingerprint density at radius 2 is 1.85 bits per heavy atom. The highest BCUT2D eigenvalue weighted by molar-refractivity contribution is 5.98. The van der Waals surface area contributed by atoms with Crippen LogP contribution in [-0.4, -0.2) is 29.0 Å². The van der Waals surface area contributed by atoms with E-state index in [0.717, 1.165) is 60.5 Å². The number of amides is 1. The first-order valence-electron chi connectivity index (χ1n) is 9.31. The van der Waals surface area contributed by atoms with Crippen LogP contribution in [0.5, 0.6) is 0 Å². The van der Waals surface area contributed by atoms with Crippen molar-refractivity contribution in [1.29, 1.82) is 0 Å². The predicted molar refractivity (Wildman–Crippen MR) is 103 cm³/mol. The van der Waals surface area contributed by atoms with Crippen molar-refractivity contribution < 1.29 is 4.79 Å². The van der Waals surface area contributed by atoms with Gasteiger partial charge in [-0.2, -0.15) is 0 Å². The van der Waals surface area contributed by atoms with Crippen LogP contribution in [0.15, 0.2) is 48.5 Å². The van der Waals surface area contributed by atoms with Gasteiger partial charge < -0.3 is 15.6 Å². The molecule has 1 spiro atoms. The van der Waals surface area contributed by atoms with Crippen LogP contribution in [-0.2, 0) is 4.79 Å². The van der Waals surface area contributed by atoms with Crippen molar-refractivity contribution in [1.82, 2.24) is 15.3 Å². The number of nitrogens with zero attached hydrogens (tertiary/aromatic N) is 1. The number of carbonyl (C=O) groups excluding carboxylic acids is 1. The maximum Gasteiger partial charge on any atom is 0.228 e. The normalized spacial score (nSPS) is 21.0. The fraction of sp³-hybridized carbons (Fsp3) is 0.333. The molecule has 0 radical (unpaired) electrons. The second-order valence-electron chi connectivity index (χ2n) is 7.51. The summed E-state index contributed by atoms with van der Waals surface area (Å²) in [6, 6.07) is 15.9. The lowest BCUT2D eigenvalue weighted by molar-refractivity contribution is -0.118. The third-order valence-corrected chi connectivity index (χ3v) is 5.93. The van der Waals surface area contributed by atoms with E-state index in [1.54, 1.807) is 0 Å². The molecule has 5 rings (SSSR count). The van der Waals surface area contributed by atoms with Gasteiger partial charge in [-0.15, -0.1) is 0 Å². The van der Waals surface area contributed by atoms with Crippen molar-refractivity contribution in [3.05, 3.63) is 48.5 Å². The van der Waals surface area contributed by atoms with E-state index >= 15 is 0 Å². The second kappa shape index (κ2) is 5.95. The van der Waals surface area contributed by atoms with Crippen molar-refractivity contribution in [3.8, 4) is 11.4 Å². The van der Waals surface area contributed by atoms with Crippen LogP contribution >= 0.6 is 0 Å². The summed E-state index contributed by atoms with van der Waals surface area (Å²) in [7, 11) is 0. The van der Waals surface area contributed by atoms with Gasteiger partial charge in [0.2, 0.25) is 5.91 Å². The van der Waals surface area contributed by atoms with E-state index in [2.05, 4.69) is 20.6 Å². The zero-order valence-electron chi connectivity index (χ0n) is 14.6. The fourth-order valence-electron chi connectivity index (χ4n) is 4.29. The van der Waals surface area contributed by atoms with E-state index < -0.39 is 0 Å². The van der Waals surface area contributed by atoms with Crippen molar-refractivity contribution >= 4 is 22.6 Å². The lowest BCUT2D eigenvalue weighted by Gasteiger charge is -2.23. The van der Waals surface area contributed by atoms with Gasteiger partial charge in [0.05, 0.1) is 16.7 Å². The summed E-state index contributed by atoms with van der Waals surface area (Å²) in [6.07, 6.45) is 3.24. The molecule has 1 amide bonds. The summed E-state index contributed by atoms with van der Waals surface area (Å²) in [5.74, 6) is 1.08. The Hall–Kier alpha value is -2.66. The number of rotatable bonds is 3. The number of benzene rings is 2. The average Bonchev–Trinajstić information content (AvgIpc) is 3.18. The number of fused-ring (bicyclic) bond motifs is 1. The Morgan fingerprint density at radius 1 is 1.08 bits per heavy atom. The summed E-state index contributed by atoms with van der Waals surface area (Å²) in [6.45, 7) is 2.05. The SMILES string of the molecule is O=C(Nc1ccccc1-c1nc2ccccc2[nH]1)C1CC12CCNCC2. The molecule has 5 heteroatoms. The number of anilines is 1. The van der Waals surface area contributed by atoms with E-state index in [9.17, 15) is 4.79 Å². The number of imidazole rings is 1. The molecule has 2 aliphatic rings. The van der Waals surface area contributed by atoms with Crippen LogP contribution in [0.2, 0.25) is 0 Å². The van der Waals surface area contributed by atoms with Crippen LogP contribution in [0.3, 0.4) is 0 Å². The number of hydrogen-bond donors (Lipinski definition) is 3. The predicted octanol–water partition coefficient (Wildman–Crippen LogP) is 3.56. The Bertz CT molecular complexity index is 938. The minimum atomic E-state index is 0.147. The molecule has 1 saturated heterocycles. The maximum absolute atomic E-state index is 12.8. The summed E-state index contributed by atoms with van der Waals surface area (Å²) < 4.78 is 0. The second-order valence-corrected chi connectivity index (χ2v) is 7.51. The van der Waals surface area contributed by atoms with Crippen molar-refractivity contribution in [3.63, 3.8) is 0 Å². The zero-order valence-corrected chi connectivity index (χ0v) is 14.6. The van der Waals surface area contributed by atoms with Gasteiger partial charge in [-0.3, -0.25) is 4.79 Å². The fourth-order valence-corrected chi connectivity index (χ4v) is 4.29. The highest BCUT2D eigenvalue weighted by atomic mass is 16.2. The molecular weight excluding hydrogens is 324 g/mol. The van der Waals surface area contributed by atoms with Gasteiger partial charge in [0.15, 0.2) is 0 Å². The Morgan fingerprint density at radius 3 is 2.69 bits per heavy atom. The molecular formula is C21H22N4O. The van der Waals surface area contributed by atoms with Gasteiger partial charge in [0.1, 0.15) is 5.82 Å². The van der Waals surface area contributed by atoms with E-state index in [-0.39, 0.29) is 17.2 Å². The molecule has 26 heavy (non-hydrogen) atoms. The smallest absolute Gasteiger partial charge is 0.228 e. The van der Waals surface area contributed by atoms with Crippen molar-refractivity contribution in [2.75, 3.05) is 18.4 Å². The topological polar surface area (TPSA) is 69.8 Å². The summed E-state index contributed by atoms with van der Waals surface area (Å²) in [5.41, 5.74) is 3.92. The van der Waals surface area contributed by atoms with Crippen LogP contribution < -0.4 is 10.6 Å². The summed E-state index contributed by atoms with van der Waals surface area (Å²) in [4.78, 5) is 20.9. The van der Waals surface area contributed by atoms with Gasteiger partial charge in [0, 0.05) is 11.5 Å². The number of carbonyl (C=O) groups is 1. The first kappa shape index (κ1) is 15.6. The first-order valence-corrected chi connectivity index (χ1v) is 9.31. The number of aromatic nitrogens is 2. The van der Waals surface area contributed by atoms with Crippen LogP contribution in [0.1, 0.15) is 19.3 Å². The maximum atomic E-state index is 12.8. The highest BCUT2D eigenvalue weighted by Crippen LogP contribution is 2.58. The molecule has 3 N–H and O–H groups in total. The van der Waals surface area contributed by atoms with Crippen molar-refractivity contribution in [2.24, 2.45) is 11.3 Å². The van der Waals surface area contributed by atoms with Gasteiger partial charge in [-0.25, -0.2) is 4.98 Å². The largest absolute Gasteiger partial charge is 0.338 e. The molecule has 2 aromatic carbocycles. The number of piperidine rings is 1. The number of H-pyrrole nitrogens is 1. The van der Waals surface area contributed by atoms with Gasteiger partial charge in [-0.1, -0.05) is 24.3 Å². The van der Waals surface area contributed by atoms with Gasteiger partial charge in [-0.05, 0) is 62.0 Å². The first-order chi connectivity index (χ1) is 12.8. The lowest BCUT2D eigenvalue weighted by atomic mass is 9.91. The Labute approximate surface area is 152 Å². The monoisotopic (exact) mass is 346 g/mol. The van der Waals surface area contributed by atoms with E-state index in [4.69, 9.17) is 0 Å². The lowest BCUT2D eigenvalue weighted by Crippen LogP contribution is -2.31. The van der Waals surface area contributed by atoms with E-state index in [0.29, 0.717) is 0 Å². The minimum absolute atomic E-state index is 0.147. The summed E-state index contributed by atoms with van der Waals surface area (Å²) in [5, 5.41) is 6.56.